The SMILES string of the molecule is CN=C(NCCc1nc(C)c(C)s1)NCC(C)(C)N1CCCC(C)C1.I. The average Bonchev–Trinajstić information content (AvgIpc) is 2.89. The van der Waals surface area contributed by atoms with Crippen LogP contribution in [0.4, 0.5) is 0 Å². The van der Waals surface area contributed by atoms with Crippen LogP contribution in [0.15, 0.2) is 4.99 Å². The Hall–Kier alpha value is -0.410. The molecule has 0 saturated carbocycles. The molecule has 0 spiro atoms. The Morgan fingerprint density at radius 3 is 2.65 bits per heavy atom. The molecule has 7 heteroatoms. The average molecular weight is 494 g/mol. The number of thiazole rings is 1. The Morgan fingerprint density at radius 1 is 1.35 bits per heavy atom. The van der Waals surface area contributed by atoms with E-state index in [1.165, 1.54) is 35.8 Å². The van der Waals surface area contributed by atoms with Crippen LogP contribution in [-0.2, 0) is 6.42 Å². The van der Waals surface area contributed by atoms with Crippen LogP contribution in [0.5, 0.6) is 0 Å². The van der Waals surface area contributed by atoms with E-state index in [0.29, 0.717) is 0 Å². The Kier molecular flexibility index (Phi) is 9.82. The van der Waals surface area contributed by atoms with Crippen molar-refractivity contribution in [2.24, 2.45) is 10.9 Å². The summed E-state index contributed by atoms with van der Waals surface area (Å²) in [7, 11) is 1.84. The number of likely N-dealkylation sites (tertiary alicyclic amines) is 1. The minimum atomic E-state index is 0. The van der Waals surface area contributed by atoms with Gasteiger partial charge < -0.3 is 10.6 Å². The molecule has 0 aromatic carbocycles. The number of aliphatic imine (C=N–C) groups is 1. The van der Waals surface area contributed by atoms with Gasteiger partial charge in [0.2, 0.25) is 0 Å². The molecule has 1 aliphatic rings. The number of hydrogen-bond donors (Lipinski definition) is 2. The van der Waals surface area contributed by atoms with Gasteiger partial charge >= 0.3 is 0 Å². The normalized spacial score (nSPS) is 19.2. The van der Waals surface area contributed by atoms with E-state index in [-0.39, 0.29) is 29.5 Å². The number of hydrogen-bond acceptors (Lipinski definition) is 4. The zero-order valence-electron chi connectivity index (χ0n) is 17.2. The first-order chi connectivity index (χ1) is 11.8. The van der Waals surface area contributed by atoms with Gasteiger partial charge in [0.1, 0.15) is 0 Å². The highest BCUT2D eigenvalue weighted by Crippen LogP contribution is 2.23. The van der Waals surface area contributed by atoms with E-state index in [1.807, 2.05) is 7.05 Å². The lowest BCUT2D eigenvalue weighted by Gasteiger charge is -2.43. The second-order valence-electron chi connectivity index (χ2n) is 7.86. The molecule has 5 nitrogen and oxygen atoms in total. The summed E-state index contributed by atoms with van der Waals surface area (Å²) in [6.45, 7) is 15.4. The first kappa shape index (κ1) is 23.6. The summed E-state index contributed by atoms with van der Waals surface area (Å²) in [4.78, 5) is 12.9. The first-order valence-electron chi connectivity index (χ1n) is 9.44. The van der Waals surface area contributed by atoms with E-state index in [2.05, 4.69) is 60.1 Å². The lowest BCUT2D eigenvalue weighted by atomic mass is 9.93. The van der Waals surface area contributed by atoms with Gasteiger partial charge in [0.25, 0.3) is 0 Å². The summed E-state index contributed by atoms with van der Waals surface area (Å²) in [5.74, 6) is 1.68. The van der Waals surface area contributed by atoms with Crippen LogP contribution >= 0.6 is 35.3 Å². The van der Waals surface area contributed by atoms with Crippen molar-refractivity contribution < 1.29 is 0 Å². The van der Waals surface area contributed by atoms with Gasteiger partial charge in [-0.05, 0) is 53.0 Å². The van der Waals surface area contributed by atoms with Gasteiger partial charge in [-0.2, -0.15) is 0 Å². The third-order valence-electron chi connectivity index (χ3n) is 5.13. The predicted octanol–water partition coefficient (Wildman–Crippen LogP) is 3.60. The Morgan fingerprint density at radius 2 is 2.08 bits per heavy atom. The quantitative estimate of drug-likeness (QED) is 0.361. The molecule has 1 aliphatic heterocycles. The molecule has 0 bridgehead atoms. The van der Waals surface area contributed by atoms with Crippen molar-refractivity contribution in [3.8, 4) is 0 Å². The number of nitrogens with zero attached hydrogens (tertiary/aromatic N) is 3. The molecular weight excluding hydrogens is 457 g/mol. The monoisotopic (exact) mass is 493 g/mol. The minimum absolute atomic E-state index is 0. The highest BCUT2D eigenvalue weighted by atomic mass is 127. The van der Waals surface area contributed by atoms with E-state index < -0.39 is 0 Å². The van der Waals surface area contributed by atoms with Crippen LogP contribution in [-0.4, -0.2) is 54.6 Å². The van der Waals surface area contributed by atoms with Gasteiger partial charge in [-0.15, -0.1) is 35.3 Å². The zero-order valence-corrected chi connectivity index (χ0v) is 20.3. The molecule has 0 radical (unpaired) electrons. The second-order valence-corrected chi connectivity index (χ2v) is 9.15. The highest BCUT2D eigenvalue weighted by Gasteiger charge is 2.30. The molecule has 2 rings (SSSR count). The standard InChI is InChI=1S/C19H35N5S.HI/c1-14-8-7-11-24(12-14)19(4,5)13-22-18(20-6)21-10-9-17-23-15(2)16(3)25-17;/h14H,7-13H2,1-6H3,(H2,20,21,22);1H. The number of guanidine groups is 1. The molecule has 0 amide bonds. The lowest BCUT2D eigenvalue weighted by Crippen LogP contribution is -2.56. The molecule has 0 aliphatic carbocycles. The third kappa shape index (κ3) is 6.96. The van der Waals surface area contributed by atoms with E-state index in [4.69, 9.17) is 0 Å². The third-order valence-corrected chi connectivity index (χ3v) is 6.26. The fourth-order valence-corrected chi connectivity index (χ4v) is 4.24. The molecule has 1 atom stereocenters. The number of aromatic nitrogens is 1. The van der Waals surface area contributed by atoms with Crippen molar-refractivity contribution in [2.45, 2.75) is 59.4 Å². The smallest absolute Gasteiger partial charge is 0.191 e. The molecule has 1 unspecified atom stereocenters. The van der Waals surface area contributed by atoms with Gasteiger partial charge in [0.05, 0.1) is 10.7 Å². The fourth-order valence-electron chi connectivity index (χ4n) is 3.31. The van der Waals surface area contributed by atoms with Crippen molar-refractivity contribution in [1.29, 1.82) is 0 Å². The summed E-state index contributed by atoms with van der Waals surface area (Å²) in [5, 5.41) is 8.12. The number of rotatable bonds is 6. The second kappa shape index (κ2) is 10.8. The number of nitrogens with one attached hydrogen (secondary N) is 2. The van der Waals surface area contributed by atoms with Crippen molar-refractivity contribution in [3.63, 3.8) is 0 Å². The highest BCUT2D eigenvalue weighted by molar-refractivity contribution is 14.0. The number of aryl methyl sites for hydroxylation is 2. The summed E-state index contributed by atoms with van der Waals surface area (Å²) in [6, 6.07) is 0. The maximum absolute atomic E-state index is 4.60. The minimum Gasteiger partial charge on any atom is -0.356 e. The first-order valence-corrected chi connectivity index (χ1v) is 10.3. The van der Waals surface area contributed by atoms with Crippen molar-refractivity contribution in [1.82, 2.24) is 20.5 Å². The topological polar surface area (TPSA) is 52.6 Å². The largest absolute Gasteiger partial charge is 0.356 e. The molecule has 1 saturated heterocycles. The molecule has 150 valence electrons. The molecular formula is C19H36IN5S. The zero-order chi connectivity index (χ0) is 18.4. The molecule has 26 heavy (non-hydrogen) atoms. The summed E-state index contributed by atoms with van der Waals surface area (Å²) < 4.78 is 0. The van der Waals surface area contributed by atoms with Crippen LogP contribution in [0.2, 0.25) is 0 Å². The van der Waals surface area contributed by atoms with Crippen LogP contribution < -0.4 is 10.6 Å². The Labute approximate surface area is 180 Å². The van der Waals surface area contributed by atoms with Crippen LogP contribution in [0, 0.1) is 19.8 Å². The van der Waals surface area contributed by atoms with E-state index in [1.54, 1.807) is 11.3 Å². The van der Waals surface area contributed by atoms with Gasteiger partial charge in [-0.3, -0.25) is 9.89 Å². The molecule has 1 aromatic heterocycles. The van der Waals surface area contributed by atoms with Crippen LogP contribution in [0.1, 0.15) is 49.2 Å². The van der Waals surface area contributed by atoms with Gasteiger partial charge in [-0.1, -0.05) is 6.92 Å². The van der Waals surface area contributed by atoms with Crippen LogP contribution in [0.25, 0.3) is 0 Å². The molecule has 2 N–H and O–H groups in total. The number of halogens is 1. The molecule has 1 fully saturated rings. The van der Waals surface area contributed by atoms with Crippen molar-refractivity contribution in [3.05, 3.63) is 15.6 Å². The maximum atomic E-state index is 4.60. The van der Waals surface area contributed by atoms with E-state index >= 15 is 0 Å². The number of piperidine rings is 1. The Bertz CT molecular complexity index is 565. The van der Waals surface area contributed by atoms with Gasteiger partial charge in [0, 0.05) is 43.5 Å². The molecule has 1 aromatic rings. The maximum Gasteiger partial charge on any atom is 0.191 e. The predicted molar refractivity (Wildman–Crippen MR) is 124 cm³/mol. The van der Waals surface area contributed by atoms with Crippen LogP contribution in [0.3, 0.4) is 0 Å². The van der Waals surface area contributed by atoms with Crippen molar-refractivity contribution >= 4 is 41.3 Å². The summed E-state index contributed by atoms with van der Waals surface area (Å²) in [6.07, 6.45) is 3.61. The lowest BCUT2D eigenvalue weighted by molar-refractivity contribution is 0.0739. The summed E-state index contributed by atoms with van der Waals surface area (Å²) >= 11 is 1.79. The van der Waals surface area contributed by atoms with Crippen molar-refractivity contribution in [2.75, 3.05) is 33.2 Å². The summed E-state index contributed by atoms with van der Waals surface area (Å²) in [5.41, 5.74) is 1.29. The Balaban J connectivity index is 0.00000338. The van der Waals surface area contributed by atoms with Gasteiger partial charge in [-0.25, -0.2) is 4.98 Å². The van der Waals surface area contributed by atoms with E-state index in [0.717, 1.165) is 37.1 Å². The molecule has 2 heterocycles. The van der Waals surface area contributed by atoms with Gasteiger partial charge in [0.15, 0.2) is 5.96 Å². The van der Waals surface area contributed by atoms with E-state index in [9.17, 15) is 0 Å². The fraction of sp³-hybridized carbons (Fsp3) is 0.789.